The molecule has 0 aliphatic carbocycles. The normalized spacial score (nSPS) is 10.8. The highest BCUT2D eigenvalue weighted by molar-refractivity contribution is 6.30. The lowest BCUT2D eigenvalue weighted by atomic mass is 10.0. The minimum atomic E-state index is 0.533. The Labute approximate surface area is 149 Å². The van der Waals surface area contributed by atoms with E-state index in [1.54, 1.807) is 17.2 Å². The van der Waals surface area contributed by atoms with Crippen LogP contribution < -0.4 is 0 Å². The van der Waals surface area contributed by atoms with Crippen molar-refractivity contribution in [2.24, 2.45) is 0 Å². The third-order valence-electron chi connectivity index (χ3n) is 3.84. The van der Waals surface area contributed by atoms with E-state index >= 15 is 0 Å². The van der Waals surface area contributed by atoms with Gasteiger partial charge in [0.05, 0.1) is 6.54 Å². The van der Waals surface area contributed by atoms with Crippen molar-refractivity contribution >= 4 is 11.6 Å². The van der Waals surface area contributed by atoms with Crippen molar-refractivity contribution in [3.05, 3.63) is 83.6 Å². The molecule has 25 heavy (non-hydrogen) atoms. The van der Waals surface area contributed by atoms with Crippen molar-refractivity contribution in [1.82, 2.24) is 25.2 Å². The smallest absolute Gasteiger partial charge is 0.207 e. The van der Waals surface area contributed by atoms with Gasteiger partial charge < -0.3 is 0 Å². The summed E-state index contributed by atoms with van der Waals surface area (Å²) in [6, 6.07) is 19.7. The maximum Gasteiger partial charge on any atom is 0.207 e. The summed E-state index contributed by atoms with van der Waals surface area (Å²) in [7, 11) is 0. The quantitative estimate of drug-likeness (QED) is 0.557. The molecule has 6 heteroatoms. The van der Waals surface area contributed by atoms with Gasteiger partial charge >= 0.3 is 0 Å². The molecule has 0 unspecified atom stereocenters. The van der Waals surface area contributed by atoms with Gasteiger partial charge in [-0.1, -0.05) is 54.1 Å². The van der Waals surface area contributed by atoms with Crippen LogP contribution >= 0.6 is 11.6 Å². The van der Waals surface area contributed by atoms with Crippen LogP contribution in [-0.2, 0) is 6.54 Å². The van der Waals surface area contributed by atoms with Crippen molar-refractivity contribution in [2.75, 3.05) is 0 Å². The van der Waals surface area contributed by atoms with Gasteiger partial charge in [-0.05, 0) is 40.1 Å². The number of aromatic nitrogens is 5. The van der Waals surface area contributed by atoms with Crippen LogP contribution in [0.25, 0.3) is 22.5 Å². The lowest BCUT2D eigenvalue weighted by molar-refractivity contribution is 0.573. The minimum absolute atomic E-state index is 0.533. The van der Waals surface area contributed by atoms with Crippen molar-refractivity contribution in [3.63, 3.8) is 0 Å². The second-order valence-electron chi connectivity index (χ2n) is 5.56. The van der Waals surface area contributed by atoms with Gasteiger partial charge in [0.1, 0.15) is 0 Å². The van der Waals surface area contributed by atoms with E-state index < -0.39 is 0 Å². The molecule has 2 aromatic carbocycles. The highest BCUT2D eigenvalue weighted by Crippen LogP contribution is 2.28. The van der Waals surface area contributed by atoms with Crippen LogP contribution in [0.4, 0.5) is 0 Å². The Morgan fingerprint density at radius 2 is 1.68 bits per heavy atom. The first-order chi connectivity index (χ1) is 12.3. The Hall–Kier alpha value is -3.05. The average molecular weight is 348 g/mol. The molecule has 0 bridgehead atoms. The summed E-state index contributed by atoms with van der Waals surface area (Å²) in [4.78, 5) is 5.79. The van der Waals surface area contributed by atoms with E-state index in [4.69, 9.17) is 11.6 Å². The number of halogens is 1. The second kappa shape index (κ2) is 6.83. The molecule has 2 heterocycles. The highest BCUT2D eigenvalue weighted by atomic mass is 35.5. The molecule has 122 valence electrons. The predicted octanol–water partition coefficient (Wildman–Crippen LogP) is 4.10. The summed E-state index contributed by atoms with van der Waals surface area (Å²) in [5.41, 5.74) is 4.04. The summed E-state index contributed by atoms with van der Waals surface area (Å²) in [5.74, 6) is 0.556. The maximum atomic E-state index is 5.92. The minimum Gasteiger partial charge on any atom is -0.264 e. The Morgan fingerprint density at radius 3 is 2.48 bits per heavy atom. The van der Waals surface area contributed by atoms with Crippen molar-refractivity contribution < 1.29 is 0 Å². The molecular formula is C19H14ClN5. The van der Waals surface area contributed by atoms with Gasteiger partial charge in [0.2, 0.25) is 5.82 Å². The fraction of sp³-hybridized carbons (Fsp3) is 0.0526. The number of hydrogen-bond donors (Lipinski definition) is 0. The molecule has 0 saturated heterocycles. The molecular weight excluding hydrogens is 334 g/mol. The number of tetrazole rings is 1. The monoisotopic (exact) mass is 347 g/mol. The summed E-state index contributed by atoms with van der Waals surface area (Å²) in [6.07, 6.45) is 3.54. The molecule has 0 aliphatic heterocycles. The molecule has 0 radical (unpaired) electrons. The van der Waals surface area contributed by atoms with Gasteiger partial charge in [-0.2, -0.15) is 4.80 Å². The van der Waals surface area contributed by atoms with Gasteiger partial charge in [0, 0.05) is 23.0 Å². The summed E-state index contributed by atoms with van der Waals surface area (Å²) < 4.78 is 0. The lowest BCUT2D eigenvalue weighted by Crippen LogP contribution is -2.03. The lowest BCUT2D eigenvalue weighted by Gasteiger charge is -2.05. The maximum absolute atomic E-state index is 5.92. The zero-order chi connectivity index (χ0) is 17.1. The van der Waals surface area contributed by atoms with Crippen LogP contribution in [0, 0.1) is 0 Å². The molecule has 4 aromatic rings. The Bertz CT molecular complexity index is 980. The zero-order valence-electron chi connectivity index (χ0n) is 13.2. The topological polar surface area (TPSA) is 56.5 Å². The molecule has 0 spiro atoms. The van der Waals surface area contributed by atoms with Crippen LogP contribution in [0.5, 0.6) is 0 Å². The van der Waals surface area contributed by atoms with E-state index in [1.165, 1.54) is 0 Å². The Balaban J connectivity index is 1.66. The summed E-state index contributed by atoms with van der Waals surface area (Å²) in [6.45, 7) is 0.533. The molecule has 0 N–H and O–H groups in total. The van der Waals surface area contributed by atoms with E-state index in [0.717, 1.165) is 22.3 Å². The highest BCUT2D eigenvalue weighted by Gasteiger charge is 2.12. The standard InChI is InChI=1S/C19H14ClN5/c20-16-8-6-14(7-9-16)13-25-23-19(22-24-25)18-12-21-11-10-17(18)15-4-2-1-3-5-15/h1-12H,13H2. The number of pyridine rings is 1. The Morgan fingerprint density at radius 1 is 0.880 bits per heavy atom. The van der Waals surface area contributed by atoms with Gasteiger partial charge in [-0.25, -0.2) is 0 Å². The van der Waals surface area contributed by atoms with Gasteiger partial charge in [-0.3, -0.25) is 4.98 Å². The van der Waals surface area contributed by atoms with Gasteiger partial charge in [-0.15, -0.1) is 10.2 Å². The summed E-state index contributed by atoms with van der Waals surface area (Å²) in [5, 5.41) is 13.6. The van der Waals surface area contributed by atoms with E-state index in [9.17, 15) is 0 Å². The van der Waals surface area contributed by atoms with Crippen molar-refractivity contribution in [1.29, 1.82) is 0 Å². The van der Waals surface area contributed by atoms with Crippen LogP contribution in [0.3, 0.4) is 0 Å². The first kappa shape index (κ1) is 15.5. The zero-order valence-corrected chi connectivity index (χ0v) is 14.0. The molecule has 0 saturated carbocycles. The molecule has 5 nitrogen and oxygen atoms in total. The second-order valence-corrected chi connectivity index (χ2v) is 5.99. The number of nitrogens with zero attached hydrogens (tertiary/aromatic N) is 5. The van der Waals surface area contributed by atoms with E-state index in [2.05, 4.69) is 32.5 Å². The first-order valence-corrected chi connectivity index (χ1v) is 8.19. The third-order valence-corrected chi connectivity index (χ3v) is 4.09. The van der Waals surface area contributed by atoms with Crippen LogP contribution in [0.2, 0.25) is 5.02 Å². The number of rotatable bonds is 4. The molecule has 4 rings (SSSR count). The van der Waals surface area contributed by atoms with Gasteiger partial charge in [0.25, 0.3) is 0 Å². The van der Waals surface area contributed by atoms with E-state index in [-0.39, 0.29) is 0 Å². The van der Waals surface area contributed by atoms with Crippen molar-refractivity contribution in [3.8, 4) is 22.5 Å². The van der Waals surface area contributed by atoms with E-state index in [0.29, 0.717) is 17.4 Å². The fourth-order valence-corrected chi connectivity index (χ4v) is 2.74. The molecule has 0 fully saturated rings. The number of hydrogen-bond acceptors (Lipinski definition) is 4. The average Bonchev–Trinajstić information content (AvgIpc) is 3.13. The summed E-state index contributed by atoms with van der Waals surface area (Å²) >= 11 is 5.92. The molecule has 0 aliphatic rings. The van der Waals surface area contributed by atoms with Crippen molar-refractivity contribution in [2.45, 2.75) is 6.54 Å². The molecule has 0 amide bonds. The molecule has 2 aromatic heterocycles. The number of benzene rings is 2. The predicted molar refractivity (Wildman–Crippen MR) is 97.0 cm³/mol. The largest absolute Gasteiger partial charge is 0.264 e. The molecule has 0 atom stereocenters. The fourth-order valence-electron chi connectivity index (χ4n) is 2.61. The Kier molecular flexibility index (Phi) is 4.23. The third kappa shape index (κ3) is 3.41. The van der Waals surface area contributed by atoms with Crippen LogP contribution in [-0.4, -0.2) is 25.2 Å². The van der Waals surface area contributed by atoms with Crippen LogP contribution in [0.15, 0.2) is 73.1 Å². The first-order valence-electron chi connectivity index (χ1n) is 7.82. The van der Waals surface area contributed by atoms with Crippen LogP contribution in [0.1, 0.15) is 5.56 Å². The van der Waals surface area contributed by atoms with Gasteiger partial charge in [0.15, 0.2) is 0 Å². The van der Waals surface area contributed by atoms with E-state index in [1.807, 2.05) is 48.5 Å². The SMILES string of the molecule is Clc1ccc(Cn2nnc(-c3cnccc3-c3ccccc3)n2)cc1.